The number of hydrogen-bond acceptors (Lipinski definition) is 2. The average molecular weight is 224 g/mol. The molecule has 94 valence electrons. The van der Waals surface area contributed by atoms with Crippen LogP contribution >= 0.6 is 0 Å². The Labute approximate surface area is 101 Å². The molecule has 0 aliphatic rings. The lowest BCUT2D eigenvalue weighted by molar-refractivity contribution is 0.268. The number of nitrogens with zero attached hydrogens (tertiary/aromatic N) is 1. The van der Waals surface area contributed by atoms with Gasteiger partial charge in [-0.05, 0) is 24.7 Å². The second kappa shape index (κ2) is 7.68. The van der Waals surface area contributed by atoms with Crippen LogP contribution in [0.15, 0.2) is 0 Å². The maximum atomic E-state index is 8.60. The second-order valence-electron chi connectivity index (χ2n) is 5.57. The maximum absolute atomic E-state index is 8.60. The lowest BCUT2D eigenvalue weighted by atomic mass is 9.87. The third-order valence-electron chi connectivity index (χ3n) is 3.57. The molecule has 0 saturated heterocycles. The Morgan fingerprint density at radius 2 is 1.81 bits per heavy atom. The van der Waals surface area contributed by atoms with Crippen LogP contribution in [-0.2, 0) is 0 Å². The summed E-state index contributed by atoms with van der Waals surface area (Å²) in [6.45, 7) is 12.3. The van der Waals surface area contributed by atoms with Crippen molar-refractivity contribution in [3.63, 3.8) is 0 Å². The Morgan fingerprint density at radius 3 is 2.25 bits per heavy atom. The molecule has 0 aromatic carbocycles. The van der Waals surface area contributed by atoms with E-state index in [4.69, 9.17) is 5.26 Å². The van der Waals surface area contributed by atoms with Crippen molar-refractivity contribution in [3.8, 4) is 6.07 Å². The summed E-state index contributed by atoms with van der Waals surface area (Å²) < 4.78 is 0. The van der Waals surface area contributed by atoms with Crippen molar-refractivity contribution < 1.29 is 0 Å². The van der Waals surface area contributed by atoms with E-state index in [9.17, 15) is 0 Å². The van der Waals surface area contributed by atoms with Gasteiger partial charge < -0.3 is 5.32 Å². The quantitative estimate of drug-likeness (QED) is 0.682. The molecule has 2 heteroatoms. The fourth-order valence-corrected chi connectivity index (χ4v) is 2.08. The molecule has 1 atom stereocenters. The smallest absolute Gasteiger partial charge is 0.0621 e. The Hall–Kier alpha value is -0.550. The molecule has 0 radical (unpaired) electrons. The van der Waals surface area contributed by atoms with Gasteiger partial charge in [-0.1, -0.05) is 40.5 Å². The predicted molar refractivity (Wildman–Crippen MR) is 70.2 cm³/mol. The van der Waals surface area contributed by atoms with Gasteiger partial charge in [-0.25, -0.2) is 0 Å². The molecule has 0 saturated carbocycles. The first-order valence-electron chi connectivity index (χ1n) is 6.57. The minimum Gasteiger partial charge on any atom is -0.313 e. The Balaban J connectivity index is 3.98. The van der Waals surface area contributed by atoms with Crippen molar-refractivity contribution in [2.24, 2.45) is 11.3 Å². The van der Waals surface area contributed by atoms with Gasteiger partial charge in [0.05, 0.1) is 6.07 Å². The normalized spacial score (nSPS) is 13.8. The van der Waals surface area contributed by atoms with Crippen LogP contribution in [0.1, 0.15) is 60.3 Å². The van der Waals surface area contributed by atoms with Crippen LogP contribution in [-0.4, -0.2) is 12.6 Å². The van der Waals surface area contributed by atoms with Gasteiger partial charge in [0, 0.05) is 19.0 Å². The Morgan fingerprint density at radius 1 is 1.25 bits per heavy atom. The highest BCUT2D eigenvalue weighted by Gasteiger charge is 2.20. The van der Waals surface area contributed by atoms with Crippen LogP contribution in [0.4, 0.5) is 0 Å². The van der Waals surface area contributed by atoms with Gasteiger partial charge in [-0.3, -0.25) is 0 Å². The van der Waals surface area contributed by atoms with E-state index in [0.29, 0.717) is 12.5 Å². The zero-order chi connectivity index (χ0) is 12.6. The van der Waals surface area contributed by atoms with Crippen molar-refractivity contribution in [3.05, 3.63) is 0 Å². The first kappa shape index (κ1) is 15.4. The molecule has 16 heavy (non-hydrogen) atoms. The molecular formula is C14H28N2. The van der Waals surface area contributed by atoms with Gasteiger partial charge in [0.1, 0.15) is 0 Å². The zero-order valence-electron chi connectivity index (χ0n) is 11.6. The van der Waals surface area contributed by atoms with E-state index >= 15 is 0 Å². The Bertz CT molecular complexity index is 211. The van der Waals surface area contributed by atoms with Gasteiger partial charge in [-0.15, -0.1) is 0 Å². The molecule has 0 aromatic heterocycles. The van der Waals surface area contributed by atoms with E-state index in [1.54, 1.807) is 0 Å². The van der Waals surface area contributed by atoms with Crippen molar-refractivity contribution in [1.82, 2.24) is 5.32 Å². The first-order chi connectivity index (χ1) is 7.46. The number of rotatable bonds is 8. The zero-order valence-corrected chi connectivity index (χ0v) is 11.6. The number of nitriles is 1. The molecule has 0 aromatic rings. The van der Waals surface area contributed by atoms with Gasteiger partial charge in [0.15, 0.2) is 0 Å². The molecule has 0 aliphatic carbocycles. The van der Waals surface area contributed by atoms with E-state index in [1.807, 2.05) is 0 Å². The van der Waals surface area contributed by atoms with Crippen LogP contribution in [0.5, 0.6) is 0 Å². The van der Waals surface area contributed by atoms with Crippen molar-refractivity contribution in [1.29, 1.82) is 5.26 Å². The molecule has 0 aliphatic heterocycles. The van der Waals surface area contributed by atoms with Gasteiger partial charge in [0.2, 0.25) is 0 Å². The van der Waals surface area contributed by atoms with E-state index in [1.165, 1.54) is 12.8 Å². The van der Waals surface area contributed by atoms with Gasteiger partial charge >= 0.3 is 0 Å². The van der Waals surface area contributed by atoms with Crippen LogP contribution in [0.25, 0.3) is 0 Å². The van der Waals surface area contributed by atoms with Gasteiger partial charge in [-0.2, -0.15) is 5.26 Å². The molecular weight excluding hydrogens is 196 g/mol. The van der Waals surface area contributed by atoms with Crippen LogP contribution in [0.3, 0.4) is 0 Å². The molecule has 0 heterocycles. The number of hydrogen-bond donors (Lipinski definition) is 1. The van der Waals surface area contributed by atoms with Crippen LogP contribution in [0, 0.1) is 22.7 Å². The standard InChI is InChI=1S/C14H28N2/c1-6-13(7-2)12(3)16-11-14(4,5)9-8-10-15/h12-13,16H,6-9,11H2,1-5H3. The van der Waals surface area contributed by atoms with Crippen LogP contribution in [0.2, 0.25) is 0 Å². The molecule has 1 unspecified atom stereocenters. The minimum atomic E-state index is 0.232. The van der Waals surface area contributed by atoms with Gasteiger partial charge in [0.25, 0.3) is 0 Å². The SMILES string of the molecule is CCC(CC)C(C)NCC(C)(C)CCC#N. The Kier molecular flexibility index (Phi) is 7.42. The summed E-state index contributed by atoms with van der Waals surface area (Å²) in [7, 11) is 0. The molecule has 2 nitrogen and oxygen atoms in total. The average Bonchev–Trinajstić information content (AvgIpc) is 2.25. The van der Waals surface area contributed by atoms with E-state index in [0.717, 1.165) is 18.9 Å². The van der Waals surface area contributed by atoms with E-state index in [2.05, 4.69) is 46.0 Å². The second-order valence-corrected chi connectivity index (χ2v) is 5.57. The first-order valence-corrected chi connectivity index (χ1v) is 6.57. The third-order valence-corrected chi connectivity index (χ3v) is 3.57. The van der Waals surface area contributed by atoms with Crippen molar-refractivity contribution >= 4 is 0 Å². The summed E-state index contributed by atoms with van der Waals surface area (Å²) in [5.41, 5.74) is 0.232. The molecule has 0 spiro atoms. The monoisotopic (exact) mass is 224 g/mol. The fourth-order valence-electron chi connectivity index (χ4n) is 2.08. The minimum absolute atomic E-state index is 0.232. The maximum Gasteiger partial charge on any atom is 0.0621 e. The highest BCUT2D eigenvalue weighted by atomic mass is 14.9. The topological polar surface area (TPSA) is 35.8 Å². The summed E-state index contributed by atoms with van der Waals surface area (Å²) in [4.78, 5) is 0. The highest BCUT2D eigenvalue weighted by molar-refractivity contribution is 4.80. The molecule has 1 N–H and O–H groups in total. The highest BCUT2D eigenvalue weighted by Crippen LogP contribution is 2.22. The third kappa shape index (κ3) is 6.12. The van der Waals surface area contributed by atoms with E-state index in [-0.39, 0.29) is 5.41 Å². The summed E-state index contributed by atoms with van der Waals surface area (Å²) in [5, 5.41) is 12.2. The lowest BCUT2D eigenvalue weighted by Crippen LogP contribution is -2.39. The lowest BCUT2D eigenvalue weighted by Gasteiger charge is -2.29. The van der Waals surface area contributed by atoms with Crippen molar-refractivity contribution in [2.45, 2.75) is 66.3 Å². The molecule has 0 bridgehead atoms. The van der Waals surface area contributed by atoms with Crippen molar-refractivity contribution in [2.75, 3.05) is 6.54 Å². The molecule has 0 amide bonds. The fraction of sp³-hybridized carbons (Fsp3) is 0.929. The predicted octanol–water partition coefficient (Wildman–Crippen LogP) is 3.73. The van der Waals surface area contributed by atoms with Crippen LogP contribution < -0.4 is 5.32 Å². The van der Waals surface area contributed by atoms with E-state index < -0.39 is 0 Å². The summed E-state index contributed by atoms with van der Waals surface area (Å²) >= 11 is 0. The number of nitrogens with one attached hydrogen (secondary N) is 1. The molecule has 0 rings (SSSR count). The summed E-state index contributed by atoms with van der Waals surface area (Å²) in [5.74, 6) is 0.770. The molecule has 0 fully saturated rings. The summed E-state index contributed by atoms with van der Waals surface area (Å²) in [6.07, 6.45) is 4.12. The largest absolute Gasteiger partial charge is 0.313 e. The summed E-state index contributed by atoms with van der Waals surface area (Å²) in [6, 6.07) is 2.81.